The van der Waals surface area contributed by atoms with E-state index in [2.05, 4.69) is 27.2 Å². The molecule has 14 nitrogen and oxygen atoms in total. The molecule has 43 heavy (non-hydrogen) atoms. The highest BCUT2D eigenvalue weighted by Gasteiger charge is 2.34. The molecule has 226 valence electrons. The molecule has 2 aliphatic rings. The summed E-state index contributed by atoms with van der Waals surface area (Å²) >= 11 is 0. The van der Waals surface area contributed by atoms with Crippen molar-refractivity contribution in [1.82, 2.24) is 29.9 Å². The van der Waals surface area contributed by atoms with Crippen LogP contribution in [0.15, 0.2) is 49.6 Å². The number of piperazine rings is 1. The summed E-state index contributed by atoms with van der Waals surface area (Å²) < 4.78 is 41.9. The fourth-order valence-corrected chi connectivity index (χ4v) is 4.72. The standard InChI is InChI=1S/C27H28F2N8O6/c1-2-9-42-26(40)32-12-18-15-37(27(41)43-18)17-10-19(28)24(20(29)11-17)35-7-5-34(6-8-35)23(38)14-31-25(39)21-16-36-4-3-30-13-22(36)33-21/h2-4,10-11,13,16,18H,1,5-9,12,14-15H2,(H,31,39)(H,32,40)/t18-/m0/s1. The molecule has 0 bridgehead atoms. The number of fused-ring (bicyclic) bond motifs is 1. The van der Waals surface area contributed by atoms with E-state index in [0.717, 1.165) is 17.0 Å². The number of carbonyl (C=O) groups excluding carboxylic acids is 4. The van der Waals surface area contributed by atoms with E-state index < -0.39 is 35.8 Å². The van der Waals surface area contributed by atoms with Crippen LogP contribution < -0.4 is 20.4 Å². The lowest BCUT2D eigenvalue weighted by atomic mass is 10.2. The molecule has 4 heterocycles. The Balaban J connectivity index is 1.13. The number of amides is 4. The third-order valence-electron chi connectivity index (χ3n) is 6.84. The van der Waals surface area contributed by atoms with Crippen LogP contribution in [0.1, 0.15) is 10.5 Å². The smallest absolute Gasteiger partial charge is 0.414 e. The quantitative estimate of drug-likeness (QED) is 0.348. The third-order valence-corrected chi connectivity index (χ3v) is 6.84. The molecule has 2 aliphatic heterocycles. The first kappa shape index (κ1) is 29.2. The van der Waals surface area contributed by atoms with E-state index in [1.807, 2.05) is 0 Å². The van der Waals surface area contributed by atoms with Crippen LogP contribution in [0, 0.1) is 11.6 Å². The molecule has 0 spiro atoms. The molecule has 0 unspecified atom stereocenters. The van der Waals surface area contributed by atoms with E-state index in [0.29, 0.717) is 5.65 Å². The summed E-state index contributed by atoms with van der Waals surface area (Å²) in [6.45, 7) is 3.75. The zero-order valence-corrected chi connectivity index (χ0v) is 22.9. The van der Waals surface area contributed by atoms with Crippen molar-refractivity contribution in [1.29, 1.82) is 0 Å². The number of nitrogens with one attached hydrogen (secondary N) is 2. The van der Waals surface area contributed by atoms with E-state index in [4.69, 9.17) is 9.47 Å². The Morgan fingerprint density at radius 2 is 1.88 bits per heavy atom. The number of hydrogen-bond donors (Lipinski definition) is 2. The summed E-state index contributed by atoms with van der Waals surface area (Å²) in [5.41, 5.74) is 0.315. The number of hydrogen-bond acceptors (Lipinski definition) is 9. The fourth-order valence-electron chi connectivity index (χ4n) is 4.72. The molecule has 3 aromatic rings. The number of alkyl carbamates (subject to hydrolysis) is 1. The van der Waals surface area contributed by atoms with Gasteiger partial charge in [0.15, 0.2) is 17.3 Å². The number of halogens is 2. The molecule has 2 saturated heterocycles. The van der Waals surface area contributed by atoms with Gasteiger partial charge in [-0.15, -0.1) is 0 Å². The van der Waals surface area contributed by atoms with Crippen molar-refractivity contribution in [2.75, 3.05) is 62.2 Å². The molecule has 1 aromatic carbocycles. The number of aromatic nitrogens is 3. The van der Waals surface area contributed by atoms with Gasteiger partial charge in [-0.25, -0.2) is 23.4 Å². The number of imidazole rings is 1. The molecule has 2 aromatic heterocycles. The first-order valence-electron chi connectivity index (χ1n) is 13.3. The second-order valence-corrected chi connectivity index (χ2v) is 9.66. The normalized spacial score (nSPS) is 16.7. The summed E-state index contributed by atoms with van der Waals surface area (Å²) in [4.78, 5) is 61.2. The minimum atomic E-state index is -0.882. The molecular weight excluding hydrogens is 570 g/mol. The average molecular weight is 599 g/mol. The highest BCUT2D eigenvalue weighted by Crippen LogP contribution is 2.31. The van der Waals surface area contributed by atoms with E-state index in [1.165, 1.54) is 28.3 Å². The molecule has 2 fully saturated rings. The maximum absolute atomic E-state index is 15.2. The Labute approximate surface area is 243 Å². The Morgan fingerprint density at radius 3 is 2.58 bits per heavy atom. The van der Waals surface area contributed by atoms with Crippen LogP contribution in [0.4, 0.5) is 29.7 Å². The van der Waals surface area contributed by atoms with Crippen molar-refractivity contribution >= 4 is 41.0 Å². The molecule has 0 saturated carbocycles. The number of ether oxygens (including phenoxy) is 2. The topological polar surface area (TPSA) is 151 Å². The van der Waals surface area contributed by atoms with Crippen LogP contribution >= 0.6 is 0 Å². The summed E-state index contributed by atoms with van der Waals surface area (Å²) in [7, 11) is 0. The van der Waals surface area contributed by atoms with Gasteiger partial charge in [-0.05, 0) is 0 Å². The van der Waals surface area contributed by atoms with Gasteiger partial charge in [-0.1, -0.05) is 12.7 Å². The number of rotatable bonds is 9. The number of carbonyl (C=O) groups is 4. The SMILES string of the molecule is C=CCOC(=O)NC[C@H]1CN(c2cc(F)c(N3CCN(C(=O)CNC(=O)c4cn5ccncc5n4)CC3)c(F)c2)C(=O)O1. The van der Waals surface area contributed by atoms with Gasteiger partial charge in [-0.3, -0.25) is 19.5 Å². The van der Waals surface area contributed by atoms with Crippen LogP contribution in [0.2, 0.25) is 0 Å². The Bertz CT molecular complexity index is 1500. The molecule has 4 amide bonds. The van der Waals surface area contributed by atoms with E-state index in [-0.39, 0.29) is 75.4 Å². The summed E-state index contributed by atoms with van der Waals surface area (Å²) in [6, 6.07) is 2.08. The van der Waals surface area contributed by atoms with Crippen molar-refractivity contribution in [3.8, 4) is 0 Å². The molecule has 5 rings (SSSR count). The number of nitrogens with zero attached hydrogens (tertiary/aromatic N) is 6. The van der Waals surface area contributed by atoms with Crippen LogP contribution in [0.25, 0.3) is 5.65 Å². The zero-order valence-electron chi connectivity index (χ0n) is 22.9. The lowest BCUT2D eigenvalue weighted by Crippen LogP contribution is -2.51. The largest absolute Gasteiger partial charge is 0.445 e. The van der Waals surface area contributed by atoms with Crippen molar-refractivity contribution in [2.45, 2.75) is 6.10 Å². The van der Waals surface area contributed by atoms with E-state index in [1.54, 1.807) is 16.8 Å². The van der Waals surface area contributed by atoms with Crippen LogP contribution in [-0.2, 0) is 14.3 Å². The van der Waals surface area contributed by atoms with Gasteiger partial charge in [0.1, 0.15) is 24.1 Å². The number of anilines is 2. The average Bonchev–Trinajstić information content (AvgIpc) is 3.61. The van der Waals surface area contributed by atoms with Gasteiger partial charge in [0, 0.05) is 56.9 Å². The highest BCUT2D eigenvalue weighted by atomic mass is 19.1. The Morgan fingerprint density at radius 1 is 1.14 bits per heavy atom. The highest BCUT2D eigenvalue weighted by molar-refractivity contribution is 5.95. The Kier molecular flexibility index (Phi) is 8.64. The van der Waals surface area contributed by atoms with Gasteiger partial charge < -0.3 is 34.3 Å². The first-order valence-corrected chi connectivity index (χ1v) is 13.3. The molecule has 0 radical (unpaired) electrons. The second-order valence-electron chi connectivity index (χ2n) is 9.66. The van der Waals surface area contributed by atoms with Crippen molar-refractivity contribution in [3.05, 3.63) is 66.9 Å². The maximum Gasteiger partial charge on any atom is 0.414 e. The van der Waals surface area contributed by atoms with Gasteiger partial charge in [0.2, 0.25) is 5.91 Å². The molecular formula is C27H28F2N8O6. The van der Waals surface area contributed by atoms with Crippen molar-refractivity contribution in [2.24, 2.45) is 0 Å². The maximum atomic E-state index is 15.2. The van der Waals surface area contributed by atoms with E-state index in [9.17, 15) is 19.2 Å². The molecule has 16 heteroatoms. The minimum Gasteiger partial charge on any atom is -0.445 e. The summed E-state index contributed by atoms with van der Waals surface area (Å²) in [6.07, 6.45) is 5.35. The van der Waals surface area contributed by atoms with Gasteiger partial charge in [0.05, 0.1) is 31.5 Å². The lowest BCUT2D eigenvalue weighted by molar-refractivity contribution is -0.130. The van der Waals surface area contributed by atoms with Crippen LogP contribution in [-0.4, -0.2) is 102 Å². The van der Waals surface area contributed by atoms with Crippen LogP contribution in [0.3, 0.4) is 0 Å². The minimum absolute atomic E-state index is 0.0140. The van der Waals surface area contributed by atoms with E-state index >= 15 is 8.78 Å². The summed E-state index contributed by atoms with van der Waals surface area (Å²) in [5, 5.41) is 4.99. The monoisotopic (exact) mass is 598 g/mol. The third kappa shape index (κ3) is 6.63. The van der Waals surface area contributed by atoms with Gasteiger partial charge in [-0.2, -0.15) is 0 Å². The predicted octanol–water partition coefficient (Wildman–Crippen LogP) is 1.32. The second kappa shape index (κ2) is 12.7. The van der Waals surface area contributed by atoms with Crippen LogP contribution in [0.5, 0.6) is 0 Å². The van der Waals surface area contributed by atoms with Gasteiger partial charge in [0.25, 0.3) is 5.91 Å². The number of benzene rings is 1. The fraction of sp³-hybridized carbons (Fsp3) is 0.333. The lowest BCUT2D eigenvalue weighted by Gasteiger charge is -2.36. The van der Waals surface area contributed by atoms with Crippen molar-refractivity contribution in [3.63, 3.8) is 0 Å². The van der Waals surface area contributed by atoms with Crippen molar-refractivity contribution < 1.29 is 37.4 Å². The molecule has 0 aliphatic carbocycles. The zero-order chi connectivity index (χ0) is 30.5. The summed E-state index contributed by atoms with van der Waals surface area (Å²) in [5.74, 6) is -2.63. The van der Waals surface area contributed by atoms with Gasteiger partial charge >= 0.3 is 12.2 Å². The molecule has 2 N–H and O–H groups in total. The predicted molar refractivity (Wildman–Crippen MR) is 148 cm³/mol. The molecule has 1 atom stereocenters. The first-order chi connectivity index (χ1) is 20.7. The number of cyclic esters (lactones) is 1. The Hall–Kier alpha value is -5.28.